The topological polar surface area (TPSA) is 13.1 Å². The summed E-state index contributed by atoms with van der Waals surface area (Å²) in [4.78, 5) is 0. The number of hydrogen-bond acceptors (Lipinski definition) is 1. The Bertz CT molecular complexity index is 4220. The summed E-state index contributed by atoms with van der Waals surface area (Å²) in [5, 5.41) is 0.195. The summed E-state index contributed by atoms with van der Waals surface area (Å²) in [5.41, 5.74) is -0.0980. The van der Waals surface area contributed by atoms with Gasteiger partial charge >= 0.3 is 0 Å². The SMILES string of the molecule is [2H]c1c([2H])c([2H])c(-c2c3c([2H])c([2H])c([2H])c([2H])c3c(-c3c([2H])c([2H])c(-c4cccc5c4oc4c(-c6ccc7ccccc7c6)cccc45)c4c([2H])c([2H])c([2H])c([2H])c34)c3c([2H])c([2H])c([2H])c([2H])c23)c([2H])c1[2H]. The third-order valence-corrected chi connectivity index (χ3v) is 9.73. The second-order valence-corrected chi connectivity index (χ2v) is 12.5. The second-order valence-electron chi connectivity index (χ2n) is 12.5. The van der Waals surface area contributed by atoms with Gasteiger partial charge in [0, 0.05) is 21.9 Å². The fourth-order valence-corrected chi connectivity index (χ4v) is 7.43. The van der Waals surface area contributed by atoms with Crippen LogP contribution in [0.5, 0.6) is 0 Å². The van der Waals surface area contributed by atoms with Crippen molar-refractivity contribution in [3.8, 4) is 44.5 Å². The van der Waals surface area contributed by atoms with Crippen LogP contribution < -0.4 is 0 Å². The van der Waals surface area contributed by atoms with Crippen LogP contribution in [-0.4, -0.2) is 0 Å². The molecule has 0 amide bonds. The molecule has 0 fully saturated rings. The highest BCUT2D eigenvalue weighted by Crippen LogP contribution is 2.47. The van der Waals surface area contributed by atoms with Crippen LogP contribution in [0, 0.1) is 0 Å². The van der Waals surface area contributed by atoms with Crippen LogP contribution in [-0.2, 0) is 0 Å². The van der Waals surface area contributed by atoms with Gasteiger partial charge in [0.1, 0.15) is 11.2 Å². The molecule has 0 unspecified atom stereocenters. The molecule has 53 heavy (non-hydrogen) atoms. The van der Waals surface area contributed by atoms with Crippen molar-refractivity contribution in [3.05, 3.63) is 194 Å². The molecule has 10 aromatic carbocycles. The summed E-state index contributed by atoms with van der Waals surface area (Å²) in [7, 11) is 0. The van der Waals surface area contributed by atoms with Crippen LogP contribution >= 0.6 is 0 Å². The highest BCUT2D eigenvalue weighted by molar-refractivity contribution is 6.24. The van der Waals surface area contributed by atoms with Crippen LogP contribution in [0.2, 0.25) is 0 Å². The van der Waals surface area contributed by atoms with Gasteiger partial charge in [-0.1, -0.05) is 188 Å². The van der Waals surface area contributed by atoms with Crippen LogP contribution in [0.15, 0.2) is 198 Å². The molecule has 1 heterocycles. The van der Waals surface area contributed by atoms with Gasteiger partial charge < -0.3 is 4.42 Å². The fraction of sp³-hybridized carbons (Fsp3) is 0. The minimum Gasteiger partial charge on any atom is -0.455 e. The van der Waals surface area contributed by atoms with E-state index in [1.807, 2.05) is 60.7 Å². The van der Waals surface area contributed by atoms with Gasteiger partial charge in [-0.15, -0.1) is 0 Å². The van der Waals surface area contributed by atoms with E-state index >= 15 is 0 Å². The predicted octanol–water partition coefficient (Wildman–Crippen LogP) is 14.9. The maximum Gasteiger partial charge on any atom is 0.143 e. The van der Waals surface area contributed by atoms with Crippen molar-refractivity contribution in [3.63, 3.8) is 0 Å². The molecule has 11 aromatic rings. The van der Waals surface area contributed by atoms with E-state index in [2.05, 4.69) is 0 Å². The Balaban J connectivity index is 1.35. The Morgan fingerprint density at radius 2 is 0.849 bits per heavy atom. The number of para-hydroxylation sites is 2. The number of rotatable bonds is 4. The van der Waals surface area contributed by atoms with Crippen molar-refractivity contribution in [2.75, 3.05) is 0 Å². The van der Waals surface area contributed by atoms with Crippen molar-refractivity contribution >= 4 is 65.0 Å². The zero-order valence-electron chi connectivity index (χ0n) is 46.4. The largest absolute Gasteiger partial charge is 0.455 e. The first-order valence-corrected chi connectivity index (χ1v) is 16.7. The lowest BCUT2D eigenvalue weighted by atomic mass is 9.84. The van der Waals surface area contributed by atoms with E-state index in [1.54, 1.807) is 18.2 Å². The lowest BCUT2D eigenvalue weighted by Gasteiger charge is -2.19. The van der Waals surface area contributed by atoms with Gasteiger partial charge in [0.2, 0.25) is 0 Å². The van der Waals surface area contributed by atoms with Crippen molar-refractivity contribution in [1.82, 2.24) is 0 Å². The summed E-state index contributed by atoms with van der Waals surface area (Å²) < 4.78 is 180. The number of benzene rings is 10. The number of hydrogen-bond donors (Lipinski definition) is 0. The van der Waals surface area contributed by atoms with Crippen LogP contribution in [0.4, 0.5) is 0 Å². The highest BCUT2D eigenvalue weighted by Gasteiger charge is 2.21. The molecule has 0 saturated heterocycles. The van der Waals surface area contributed by atoms with Crippen LogP contribution in [0.3, 0.4) is 0 Å². The van der Waals surface area contributed by atoms with E-state index in [4.69, 9.17) is 19.5 Å². The van der Waals surface area contributed by atoms with Gasteiger partial charge in [0.25, 0.3) is 0 Å². The second kappa shape index (κ2) is 11.8. The van der Waals surface area contributed by atoms with Gasteiger partial charge in [-0.25, -0.2) is 0 Å². The summed E-state index contributed by atoms with van der Waals surface area (Å²) in [6.07, 6.45) is 0. The average Bonchev–Trinajstić information content (AvgIpc) is 3.78. The third kappa shape index (κ3) is 4.58. The minimum absolute atomic E-state index is 0.156. The highest BCUT2D eigenvalue weighted by atomic mass is 16.3. The molecular weight excluding hydrogens is 641 g/mol. The quantitative estimate of drug-likeness (QED) is 0.167. The Labute approximate surface area is 333 Å². The van der Waals surface area contributed by atoms with Crippen LogP contribution in [0.25, 0.3) is 110 Å². The molecule has 0 atom stereocenters. The van der Waals surface area contributed by atoms with E-state index in [1.165, 1.54) is 0 Å². The molecule has 0 aliphatic carbocycles. The summed E-state index contributed by atoms with van der Waals surface area (Å²) in [6.45, 7) is 0. The molecule has 11 rings (SSSR count). The first kappa shape index (κ1) is 16.6. The van der Waals surface area contributed by atoms with E-state index in [-0.39, 0.29) is 22.1 Å². The van der Waals surface area contributed by atoms with Gasteiger partial charge in [0.05, 0.1) is 26.0 Å². The minimum atomic E-state index is -0.874. The summed E-state index contributed by atoms with van der Waals surface area (Å²) >= 11 is 0. The van der Waals surface area contributed by atoms with Crippen molar-refractivity contribution in [2.24, 2.45) is 0 Å². The summed E-state index contributed by atoms with van der Waals surface area (Å²) in [6, 6.07) is 8.97. The maximum absolute atomic E-state index is 10.00. The normalized spacial score (nSPS) is 16.8. The summed E-state index contributed by atoms with van der Waals surface area (Å²) in [5.74, 6) is 0. The lowest BCUT2D eigenvalue weighted by molar-refractivity contribution is 0.671. The average molecular weight is 692 g/mol. The molecule has 0 saturated carbocycles. The van der Waals surface area contributed by atoms with E-state index in [9.17, 15) is 11.0 Å². The Hall–Kier alpha value is -6.96. The lowest BCUT2D eigenvalue weighted by Crippen LogP contribution is -1.92. The van der Waals surface area contributed by atoms with E-state index in [0.29, 0.717) is 16.4 Å². The van der Waals surface area contributed by atoms with Gasteiger partial charge in [-0.05, 0) is 82.5 Å². The molecule has 0 spiro atoms. The monoisotopic (exact) mass is 691 g/mol. The van der Waals surface area contributed by atoms with E-state index in [0.717, 1.165) is 21.9 Å². The molecular formula is C52H32O. The predicted molar refractivity (Wildman–Crippen MR) is 225 cm³/mol. The Morgan fingerprint density at radius 1 is 0.321 bits per heavy atom. The van der Waals surface area contributed by atoms with Gasteiger partial charge in [-0.3, -0.25) is 0 Å². The standard InChI is InChI=1S/C52H32O/c1-2-15-34(16-3-1)49-41-20-8-10-22-43(41)50(44-23-11-9-21-42(44)49)45-31-30-40(38-18-6-7-19-39(38)45)46-25-13-27-48-47-26-12-24-37(51(47)53-52(46)48)36-29-28-33-14-4-5-17-35(33)32-36/h1-32H/i1D,2D,3D,6D,7D,8D,9D,10D,11D,15D,16D,18D,19D,20D,21D,22D,23D,30D,31D. The van der Waals surface area contributed by atoms with Crippen molar-refractivity contribution in [2.45, 2.75) is 0 Å². The molecule has 0 aliphatic rings. The molecule has 0 aliphatic heterocycles. The molecule has 0 radical (unpaired) electrons. The first-order valence-electron chi connectivity index (χ1n) is 26.2. The number of fused-ring (bicyclic) bond motifs is 7. The molecule has 0 N–H and O–H groups in total. The van der Waals surface area contributed by atoms with Gasteiger partial charge in [-0.2, -0.15) is 0 Å². The van der Waals surface area contributed by atoms with Gasteiger partial charge in [0.15, 0.2) is 0 Å². The molecule has 246 valence electrons. The Kier molecular flexibility index (Phi) is 3.69. The fourth-order valence-electron chi connectivity index (χ4n) is 7.43. The molecule has 0 bridgehead atoms. The molecule has 1 aromatic heterocycles. The maximum atomic E-state index is 10.00. The zero-order valence-corrected chi connectivity index (χ0v) is 27.4. The smallest absolute Gasteiger partial charge is 0.143 e. The molecule has 1 nitrogen and oxygen atoms in total. The van der Waals surface area contributed by atoms with Crippen LogP contribution in [0.1, 0.15) is 26.0 Å². The molecule has 1 heteroatoms. The van der Waals surface area contributed by atoms with Crippen molar-refractivity contribution in [1.29, 1.82) is 0 Å². The number of furan rings is 1. The third-order valence-electron chi connectivity index (χ3n) is 9.73. The Morgan fingerprint density at radius 3 is 1.53 bits per heavy atom. The van der Waals surface area contributed by atoms with E-state index < -0.39 is 164 Å². The zero-order chi connectivity index (χ0) is 51.4. The van der Waals surface area contributed by atoms with Crippen molar-refractivity contribution < 1.29 is 30.5 Å². The first-order chi connectivity index (χ1) is 34.2.